The summed E-state index contributed by atoms with van der Waals surface area (Å²) in [6.45, 7) is 1.29. The standard InChI is InChI=1S/C15H16ClN3O2/c16-14-7-13(15(20)19-18-14)17-8-12-6-11(9-21-12)10-4-2-1-3-5-10/h1-5,7,11-12H,6,8-9H2,(H,17,18)(H,19,20)/t11-,12-/m0/s1. The molecule has 0 amide bonds. The summed E-state index contributed by atoms with van der Waals surface area (Å²) in [7, 11) is 0. The summed E-state index contributed by atoms with van der Waals surface area (Å²) in [6, 6.07) is 11.9. The largest absolute Gasteiger partial charge is 0.378 e. The molecule has 0 unspecified atom stereocenters. The Balaban J connectivity index is 1.58. The van der Waals surface area contributed by atoms with Gasteiger partial charge in [0, 0.05) is 18.5 Å². The van der Waals surface area contributed by atoms with Gasteiger partial charge in [-0.25, -0.2) is 5.10 Å². The fourth-order valence-corrected chi connectivity index (χ4v) is 2.69. The number of aromatic nitrogens is 2. The van der Waals surface area contributed by atoms with Gasteiger partial charge < -0.3 is 10.1 Å². The van der Waals surface area contributed by atoms with E-state index in [0.29, 0.717) is 24.8 Å². The summed E-state index contributed by atoms with van der Waals surface area (Å²) >= 11 is 5.76. The fraction of sp³-hybridized carbons (Fsp3) is 0.333. The molecule has 2 aromatic rings. The maximum atomic E-state index is 11.6. The molecule has 5 nitrogen and oxygen atoms in total. The molecule has 2 atom stereocenters. The van der Waals surface area contributed by atoms with Crippen LogP contribution in [0.4, 0.5) is 5.69 Å². The first kappa shape index (κ1) is 14.1. The van der Waals surface area contributed by atoms with Crippen LogP contribution in [0.25, 0.3) is 0 Å². The van der Waals surface area contributed by atoms with Gasteiger partial charge in [0.25, 0.3) is 5.56 Å². The zero-order valence-electron chi connectivity index (χ0n) is 11.4. The van der Waals surface area contributed by atoms with E-state index in [9.17, 15) is 4.79 Å². The van der Waals surface area contributed by atoms with Crippen molar-refractivity contribution in [2.75, 3.05) is 18.5 Å². The molecule has 0 aliphatic carbocycles. The Kier molecular flexibility index (Phi) is 4.22. The number of anilines is 1. The molecule has 1 fully saturated rings. The van der Waals surface area contributed by atoms with E-state index < -0.39 is 0 Å². The van der Waals surface area contributed by atoms with Crippen molar-refractivity contribution in [3.05, 3.63) is 57.5 Å². The van der Waals surface area contributed by atoms with Crippen molar-refractivity contribution in [1.82, 2.24) is 10.2 Å². The van der Waals surface area contributed by atoms with Crippen LogP contribution in [-0.2, 0) is 4.74 Å². The van der Waals surface area contributed by atoms with Gasteiger partial charge in [-0.2, -0.15) is 5.10 Å². The minimum Gasteiger partial charge on any atom is -0.378 e. The highest BCUT2D eigenvalue weighted by Gasteiger charge is 2.26. The number of hydrogen-bond donors (Lipinski definition) is 2. The van der Waals surface area contributed by atoms with Gasteiger partial charge in [0.1, 0.15) is 5.69 Å². The summed E-state index contributed by atoms with van der Waals surface area (Å²) < 4.78 is 5.79. The lowest BCUT2D eigenvalue weighted by Crippen LogP contribution is -2.23. The summed E-state index contributed by atoms with van der Waals surface area (Å²) in [5.41, 5.74) is 1.43. The number of nitrogens with one attached hydrogen (secondary N) is 2. The highest BCUT2D eigenvalue weighted by Crippen LogP contribution is 2.29. The third-order valence-electron chi connectivity index (χ3n) is 3.64. The van der Waals surface area contributed by atoms with E-state index in [0.717, 1.165) is 6.42 Å². The Morgan fingerprint density at radius 1 is 1.38 bits per heavy atom. The molecule has 110 valence electrons. The molecule has 0 spiro atoms. The molecule has 1 aliphatic rings. The predicted molar refractivity (Wildman–Crippen MR) is 81.9 cm³/mol. The highest BCUT2D eigenvalue weighted by atomic mass is 35.5. The third-order valence-corrected chi connectivity index (χ3v) is 3.84. The second-order valence-corrected chi connectivity index (χ2v) is 5.50. The number of H-pyrrole nitrogens is 1. The topological polar surface area (TPSA) is 67.0 Å². The number of halogens is 1. The molecule has 1 saturated heterocycles. The van der Waals surface area contributed by atoms with Crippen molar-refractivity contribution in [1.29, 1.82) is 0 Å². The molecule has 3 rings (SSSR count). The van der Waals surface area contributed by atoms with E-state index in [1.165, 1.54) is 11.6 Å². The lowest BCUT2D eigenvalue weighted by molar-refractivity contribution is 0.119. The average molecular weight is 306 g/mol. The van der Waals surface area contributed by atoms with Crippen molar-refractivity contribution in [3.8, 4) is 0 Å². The van der Waals surface area contributed by atoms with E-state index >= 15 is 0 Å². The molecular formula is C15H16ClN3O2. The first-order valence-corrected chi connectivity index (χ1v) is 7.26. The van der Waals surface area contributed by atoms with Crippen LogP contribution in [0, 0.1) is 0 Å². The maximum Gasteiger partial charge on any atom is 0.287 e. The maximum absolute atomic E-state index is 11.6. The Hall–Kier alpha value is -1.85. The first-order chi connectivity index (χ1) is 10.2. The number of nitrogens with zero attached hydrogens (tertiary/aromatic N) is 1. The molecular weight excluding hydrogens is 290 g/mol. The number of ether oxygens (including phenoxy) is 1. The van der Waals surface area contributed by atoms with Gasteiger partial charge in [-0.05, 0) is 12.0 Å². The van der Waals surface area contributed by atoms with Crippen LogP contribution in [0.15, 0.2) is 41.2 Å². The summed E-state index contributed by atoms with van der Waals surface area (Å²) in [6.07, 6.45) is 1.02. The van der Waals surface area contributed by atoms with E-state index in [1.54, 1.807) is 0 Å². The number of aromatic amines is 1. The molecule has 21 heavy (non-hydrogen) atoms. The van der Waals surface area contributed by atoms with E-state index in [2.05, 4.69) is 27.6 Å². The van der Waals surface area contributed by atoms with Crippen molar-refractivity contribution >= 4 is 17.3 Å². The van der Waals surface area contributed by atoms with Crippen molar-refractivity contribution < 1.29 is 4.74 Å². The Labute approximate surface area is 127 Å². The molecule has 6 heteroatoms. The monoisotopic (exact) mass is 305 g/mol. The van der Waals surface area contributed by atoms with Crippen molar-refractivity contribution in [3.63, 3.8) is 0 Å². The minimum absolute atomic E-state index is 0.0848. The van der Waals surface area contributed by atoms with E-state index in [4.69, 9.17) is 16.3 Å². The Morgan fingerprint density at radius 2 is 2.19 bits per heavy atom. The molecule has 1 aromatic carbocycles. The van der Waals surface area contributed by atoms with Crippen LogP contribution in [0.1, 0.15) is 17.9 Å². The smallest absolute Gasteiger partial charge is 0.287 e. The molecule has 1 aliphatic heterocycles. The summed E-state index contributed by atoms with van der Waals surface area (Å²) in [4.78, 5) is 11.6. The van der Waals surface area contributed by atoms with Gasteiger partial charge in [-0.3, -0.25) is 4.79 Å². The van der Waals surface area contributed by atoms with Crippen LogP contribution < -0.4 is 10.9 Å². The second-order valence-electron chi connectivity index (χ2n) is 5.11. The zero-order valence-corrected chi connectivity index (χ0v) is 12.1. The zero-order chi connectivity index (χ0) is 14.7. The first-order valence-electron chi connectivity index (χ1n) is 6.88. The van der Waals surface area contributed by atoms with Crippen LogP contribution in [-0.4, -0.2) is 29.5 Å². The van der Waals surface area contributed by atoms with Gasteiger partial charge in [0.2, 0.25) is 0 Å². The SMILES string of the molecule is O=c1[nH]nc(Cl)cc1NC[C@@H]1C[C@H](c2ccccc2)CO1. The number of benzene rings is 1. The Morgan fingerprint density at radius 3 is 3.00 bits per heavy atom. The van der Waals surface area contributed by atoms with Crippen molar-refractivity contribution in [2.24, 2.45) is 0 Å². The lowest BCUT2D eigenvalue weighted by atomic mass is 9.96. The molecule has 0 bridgehead atoms. The summed E-state index contributed by atoms with van der Waals surface area (Å²) in [5.74, 6) is 0.414. The molecule has 0 radical (unpaired) electrons. The number of rotatable bonds is 4. The molecule has 2 heterocycles. The average Bonchev–Trinajstić information content (AvgIpc) is 2.98. The van der Waals surface area contributed by atoms with Gasteiger partial charge in [0.15, 0.2) is 5.15 Å². The van der Waals surface area contributed by atoms with Gasteiger partial charge in [0.05, 0.1) is 12.7 Å². The third kappa shape index (κ3) is 3.43. The molecule has 2 N–H and O–H groups in total. The van der Waals surface area contributed by atoms with Gasteiger partial charge >= 0.3 is 0 Å². The van der Waals surface area contributed by atoms with Gasteiger partial charge in [-0.1, -0.05) is 41.9 Å². The molecule has 1 aromatic heterocycles. The van der Waals surface area contributed by atoms with E-state index in [-0.39, 0.29) is 16.8 Å². The van der Waals surface area contributed by atoms with Crippen LogP contribution in [0.5, 0.6) is 0 Å². The fourth-order valence-electron chi connectivity index (χ4n) is 2.54. The Bertz CT molecular complexity index is 659. The van der Waals surface area contributed by atoms with E-state index in [1.807, 2.05) is 18.2 Å². The quantitative estimate of drug-likeness (QED) is 0.910. The second kappa shape index (κ2) is 6.28. The minimum atomic E-state index is -0.281. The predicted octanol–water partition coefficient (Wildman–Crippen LogP) is 2.41. The lowest BCUT2D eigenvalue weighted by Gasteiger charge is -2.11. The highest BCUT2D eigenvalue weighted by molar-refractivity contribution is 6.29. The normalized spacial score (nSPS) is 21.4. The van der Waals surface area contributed by atoms with Crippen molar-refractivity contribution in [2.45, 2.75) is 18.4 Å². The molecule has 0 saturated carbocycles. The van der Waals surface area contributed by atoms with Gasteiger partial charge in [-0.15, -0.1) is 0 Å². The van der Waals surface area contributed by atoms with Crippen LogP contribution in [0.2, 0.25) is 5.15 Å². The number of hydrogen-bond acceptors (Lipinski definition) is 4. The van der Waals surface area contributed by atoms with Crippen LogP contribution in [0.3, 0.4) is 0 Å². The van der Waals surface area contributed by atoms with Crippen LogP contribution >= 0.6 is 11.6 Å². The summed E-state index contributed by atoms with van der Waals surface area (Å²) in [5, 5.41) is 9.30.